The number of pyridine rings is 1. The van der Waals surface area contributed by atoms with Crippen molar-refractivity contribution >= 4 is 5.91 Å². The topological polar surface area (TPSA) is 72.7 Å². The summed E-state index contributed by atoms with van der Waals surface area (Å²) in [4.78, 5) is 17.2. The fourth-order valence-corrected chi connectivity index (χ4v) is 3.93. The molecular formula is C23H27N5O. The molecule has 1 aliphatic rings. The van der Waals surface area contributed by atoms with Crippen molar-refractivity contribution in [2.24, 2.45) is 0 Å². The van der Waals surface area contributed by atoms with Gasteiger partial charge in [0.1, 0.15) is 5.69 Å². The lowest BCUT2D eigenvalue weighted by molar-refractivity contribution is 0.0929. The molecule has 29 heavy (non-hydrogen) atoms. The van der Waals surface area contributed by atoms with Crippen LogP contribution in [0.25, 0.3) is 16.9 Å². The Bertz CT molecular complexity index is 941. The van der Waals surface area contributed by atoms with E-state index in [0.717, 1.165) is 30.5 Å². The molecule has 0 bridgehead atoms. The smallest absolute Gasteiger partial charge is 0.274 e. The molecule has 0 unspecified atom stereocenters. The van der Waals surface area contributed by atoms with Gasteiger partial charge in [-0.2, -0.15) is 0 Å². The van der Waals surface area contributed by atoms with Crippen LogP contribution in [0.2, 0.25) is 0 Å². The molecule has 1 N–H and O–H groups in total. The van der Waals surface area contributed by atoms with E-state index in [1.54, 1.807) is 17.1 Å². The van der Waals surface area contributed by atoms with Crippen LogP contribution in [0.4, 0.5) is 0 Å². The molecule has 2 aromatic heterocycles. The lowest BCUT2D eigenvalue weighted by Crippen LogP contribution is -2.35. The number of nitrogens with zero attached hydrogens (tertiary/aromatic N) is 4. The fraction of sp³-hybridized carbons (Fsp3) is 0.391. The van der Waals surface area contributed by atoms with E-state index >= 15 is 0 Å². The van der Waals surface area contributed by atoms with E-state index in [0.29, 0.717) is 11.4 Å². The van der Waals surface area contributed by atoms with Crippen LogP contribution in [0.1, 0.15) is 61.5 Å². The molecule has 6 heteroatoms. The Balaban J connectivity index is 1.70. The summed E-state index contributed by atoms with van der Waals surface area (Å²) < 4.78 is 1.75. The van der Waals surface area contributed by atoms with Gasteiger partial charge < -0.3 is 5.32 Å². The second kappa shape index (κ2) is 8.99. The van der Waals surface area contributed by atoms with Crippen LogP contribution in [0.15, 0.2) is 48.8 Å². The van der Waals surface area contributed by atoms with Gasteiger partial charge in [0, 0.05) is 24.0 Å². The summed E-state index contributed by atoms with van der Waals surface area (Å²) in [6, 6.07) is 12.2. The molecule has 0 spiro atoms. The van der Waals surface area contributed by atoms with E-state index in [-0.39, 0.29) is 11.9 Å². The third kappa shape index (κ3) is 4.36. The molecule has 1 amide bonds. The Hall–Kier alpha value is -3.02. The van der Waals surface area contributed by atoms with Crippen molar-refractivity contribution in [2.45, 2.75) is 57.9 Å². The van der Waals surface area contributed by atoms with E-state index in [4.69, 9.17) is 0 Å². The van der Waals surface area contributed by atoms with E-state index in [9.17, 15) is 4.79 Å². The van der Waals surface area contributed by atoms with Gasteiger partial charge in [0.15, 0.2) is 5.69 Å². The summed E-state index contributed by atoms with van der Waals surface area (Å²) in [5, 5.41) is 11.8. The molecule has 3 aromatic rings. The van der Waals surface area contributed by atoms with Gasteiger partial charge in [-0.15, -0.1) is 5.10 Å². The van der Waals surface area contributed by atoms with Gasteiger partial charge in [-0.25, -0.2) is 4.68 Å². The van der Waals surface area contributed by atoms with Gasteiger partial charge >= 0.3 is 0 Å². The summed E-state index contributed by atoms with van der Waals surface area (Å²) in [6.07, 6.45) is 11.3. The maximum atomic E-state index is 13.1. The molecule has 1 aromatic carbocycles. The summed E-state index contributed by atoms with van der Waals surface area (Å²) in [5.74, 6) is -0.153. The molecule has 1 fully saturated rings. The summed E-state index contributed by atoms with van der Waals surface area (Å²) in [7, 11) is 0. The number of rotatable bonds is 5. The minimum Gasteiger partial charge on any atom is -0.348 e. The van der Waals surface area contributed by atoms with Crippen LogP contribution in [-0.2, 0) is 6.42 Å². The number of nitrogens with one attached hydrogen (secondary N) is 1. The zero-order valence-corrected chi connectivity index (χ0v) is 16.8. The maximum Gasteiger partial charge on any atom is 0.274 e. The number of aromatic nitrogens is 4. The van der Waals surface area contributed by atoms with Crippen molar-refractivity contribution < 1.29 is 4.79 Å². The van der Waals surface area contributed by atoms with Crippen molar-refractivity contribution in [3.8, 4) is 16.9 Å². The summed E-state index contributed by atoms with van der Waals surface area (Å²) >= 11 is 0. The average Bonchev–Trinajstić information content (AvgIpc) is 3.06. The standard InChI is InChI=1S/C23H27N5O/c1-2-17-9-11-20(12-10-17)28-22(18-13-15-24-16-14-18)21(26-27-28)23(29)25-19-7-5-3-4-6-8-19/h9-16,19H,2-8H2,1H3,(H,25,29). The zero-order chi connectivity index (χ0) is 20.1. The van der Waals surface area contributed by atoms with Gasteiger partial charge in [0.2, 0.25) is 0 Å². The van der Waals surface area contributed by atoms with E-state index in [1.807, 2.05) is 24.3 Å². The average molecular weight is 390 g/mol. The van der Waals surface area contributed by atoms with Crippen LogP contribution in [0.3, 0.4) is 0 Å². The first-order valence-electron chi connectivity index (χ1n) is 10.5. The van der Waals surface area contributed by atoms with Crippen molar-refractivity contribution in [1.29, 1.82) is 0 Å². The van der Waals surface area contributed by atoms with Gasteiger partial charge in [-0.3, -0.25) is 9.78 Å². The largest absolute Gasteiger partial charge is 0.348 e. The molecule has 6 nitrogen and oxygen atoms in total. The number of hydrogen-bond acceptors (Lipinski definition) is 4. The normalized spacial score (nSPS) is 15.1. The van der Waals surface area contributed by atoms with Crippen LogP contribution < -0.4 is 5.32 Å². The van der Waals surface area contributed by atoms with Gasteiger partial charge in [-0.05, 0) is 49.1 Å². The zero-order valence-electron chi connectivity index (χ0n) is 16.8. The number of carbonyl (C=O) groups excluding carboxylic acids is 1. The van der Waals surface area contributed by atoms with Crippen molar-refractivity contribution in [3.05, 3.63) is 60.0 Å². The second-order valence-corrected chi connectivity index (χ2v) is 7.62. The minimum absolute atomic E-state index is 0.153. The lowest BCUT2D eigenvalue weighted by atomic mass is 10.1. The van der Waals surface area contributed by atoms with Crippen LogP contribution in [0, 0.1) is 0 Å². The fourth-order valence-electron chi connectivity index (χ4n) is 3.93. The molecule has 0 saturated heterocycles. The molecule has 1 aliphatic carbocycles. The predicted molar refractivity (Wildman–Crippen MR) is 113 cm³/mol. The molecule has 150 valence electrons. The maximum absolute atomic E-state index is 13.1. The first kappa shape index (κ1) is 19.3. The van der Waals surface area contributed by atoms with E-state index in [2.05, 4.69) is 39.7 Å². The summed E-state index contributed by atoms with van der Waals surface area (Å²) in [5.41, 5.74) is 4.07. The molecule has 0 atom stereocenters. The number of carbonyl (C=O) groups is 1. The van der Waals surface area contributed by atoms with Crippen LogP contribution >= 0.6 is 0 Å². The molecule has 4 rings (SSSR count). The Kier molecular flexibility index (Phi) is 5.98. The Labute approximate surface area is 171 Å². The van der Waals surface area contributed by atoms with Gasteiger partial charge in [0.25, 0.3) is 5.91 Å². The third-order valence-electron chi connectivity index (χ3n) is 5.62. The van der Waals surface area contributed by atoms with Gasteiger partial charge in [-0.1, -0.05) is 50.0 Å². The second-order valence-electron chi connectivity index (χ2n) is 7.62. The molecule has 0 radical (unpaired) electrons. The highest BCUT2D eigenvalue weighted by molar-refractivity contribution is 5.98. The Morgan fingerprint density at radius 3 is 2.38 bits per heavy atom. The van der Waals surface area contributed by atoms with Crippen molar-refractivity contribution in [1.82, 2.24) is 25.3 Å². The number of amides is 1. The quantitative estimate of drug-likeness (QED) is 0.659. The van der Waals surface area contributed by atoms with Crippen LogP contribution in [0.5, 0.6) is 0 Å². The molecular weight excluding hydrogens is 362 g/mol. The first-order valence-corrected chi connectivity index (χ1v) is 10.5. The molecule has 2 heterocycles. The van der Waals surface area contributed by atoms with Crippen molar-refractivity contribution in [3.63, 3.8) is 0 Å². The lowest BCUT2D eigenvalue weighted by Gasteiger charge is -2.16. The molecule has 0 aliphatic heterocycles. The van der Waals surface area contributed by atoms with Crippen molar-refractivity contribution in [2.75, 3.05) is 0 Å². The van der Waals surface area contributed by atoms with E-state index in [1.165, 1.54) is 31.2 Å². The highest BCUT2D eigenvalue weighted by Crippen LogP contribution is 2.26. The minimum atomic E-state index is -0.153. The molecule has 1 saturated carbocycles. The SMILES string of the molecule is CCc1ccc(-n2nnc(C(=O)NC3CCCCCC3)c2-c2ccncc2)cc1. The Morgan fingerprint density at radius 1 is 1.03 bits per heavy atom. The number of aryl methyl sites for hydroxylation is 1. The van der Waals surface area contributed by atoms with Crippen LogP contribution in [-0.4, -0.2) is 31.9 Å². The third-order valence-corrected chi connectivity index (χ3v) is 5.62. The van der Waals surface area contributed by atoms with E-state index < -0.39 is 0 Å². The number of benzene rings is 1. The Morgan fingerprint density at radius 2 is 1.72 bits per heavy atom. The van der Waals surface area contributed by atoms with Gasteiger partial charge in [0.05, 0.1) is 5.69 Å². The first-order chi connectivity index (χ1) is 14.3. The monoisotopic (exact) mass is 389 g/mol. The highest BCUT2D eigenvalue weighted by atomic mass is 16.2. The summed E-state index contributed by atoms with van der Waals surface area (Å²) in [6.45, 7) is 2.13. The highest BCUT2D eigenvalue weighted by Gasteiger charge is 2.24. The number of hydrogen-bond donors (Lipinski definition) is 1. The predicted octanol–water partition coefficient (Wildman–Crippen LogP) is 4.34.